The number of carbonyl (C=O) groups excluding carboxylic acids is 1. The van der Waals surface area contributed by atoms with Gasteiger partial charge in [0.25, 0.3) is 0 Å². The minimum Gasteiger partial charge on any atom is -0.507 e. The maximum absolute atomic E-state index is 12.3. The molecule has 32 heavy (non-hydrogen) atoms. The molecule has 1 fully saturated rings. The first-order chi connectivity index (χ1) is 15.1. The number of aromatic hydroxyl groups is 1. The maximum atomic E-state index is 12.3. The Morgan fingerprint density at radius 3 is 2.38 bits per heavy atom. The molecule has 1 heterocycles. The number of benzene rings is 2. The third-order valence-corrected chi connectivity index (χ3v) is 5.78. The van der Waals surface area contributed by atoms with Crippen molar-refractivity contribution >= 4 is 19.3 Å². The van der Waals surface area contributed by atoms with Crippen LogP contribution in [0.3, 0.4) is 0 Å². The molecule has 1 aliphatic heterocycles. The Kier molecular flexibility index (Phi) is 7.16. The maximum Gasteiger partial charge on any atom is 0.492 e. The summed E-state index contributed by atoms with van der Waals surface area (Å²) in [6.07, 6.45) is 1.17. The van der Waals surface area contributed by atoms with Gasteiger partial charge in [-0.15, -0.1) is 0 Å². The molecule has 0 atom stereocenters. The van der Waals surface area contributed by atoms with Gasteiger partial charge in [0.15, 0.2) is 0 Å². The third kappa shape index (κ3) is 5.63. The van der Waals surface area contributed by atoms with Crippen molar-refractivity contribution in [3.63, 3.8) is 0 Å². The standard InChI is InChI=1S/C24H30BNO6/c1-23(2)24(3,4)32-25(31-23)19(13-18-14-20(29-5)11-12-21(18)27)15-26-22(28)30-16-17-9-7-6-8-10-17/h6-14,27H,15-16H2,1-5H3,(H,26,28). The van der Waals surface area contributed by atoms with E-state index in [1.54, 1.807) is 31.4 Å². The topological polar surface area (TPSA) is 86.3 Å². The van der Waals surface area contributed by atoms with Gasteiger partial charge in [-0.2, -0.15) is 0 Å². The Labute approximate surface area is 189 Å². The molecule has 0 aromatic heterocycles. The highest BCUT2D eigenvalue weighted by Crippen LogP contribution is 2.39. The Bertz CT molecular complexity index is 958. The lowest BCUT2D eigenvalue weighted by molar-refractivity contribution is 0.00578. The number of carbonyl (C=O) groups is 1. The monoisotopic (exact) mass is 439 g/mol. The second kappa shape index (κ2) is 9.67. The first-order valence-electron chi connectivity index (χ1n) is 10.5. The third-order valence-electron chi connectivity index (χ3n) is 5.78. The van der Waals surface area contributed by atoms with Crippen LogP contribution in [-0.2, 0) is 20.7 Å². The van der Waals surface area contributed by atoms with Crippen molar-refractivity contribution in [1.29, 1.82) is 0 Å². The average Bonchev–Trinajstić information content (AvgIpc) is 2.98. The molecule has 0 spiro atoms. The normalized spacial score (nSPS) is 17.2. The number of alkyl carbamates (subject to hydrolysis) is 1. The quantitative estimate of drug-likeness (QED) is 0.625. The number of phenolic OH excluding ortho intramolecular Hbond substituents is 1. The van der Waals surface area contributed by atoms with Gasteiger partial charge in [0.05, 0.1) is 18.3 Å². The van der Waals surface area contributed by atoms with E-state index in [-0.39, 0.29) is 18.9 Å². The summed E-state index contributed by atoms with van der Waals surface area (Å²) in [5, 5.41) is 13.1. The molecular formula is C24H30BNO6. The van der Waals surface area contributed by atoms with Gasteiger partial charge in [-0.05, 0) is 56.9 Å². The van der Waals surface area contributed by atoms with E-state index in [4.69, 9.17) is 18.8 Å². The van der Waals surface area contributed by atoms with Crippen molar-refractivity contribution in [3.8, 4) is 11.5 Å². The number of ether oxygens (including phenoxy) is 2. The first-order valence-corrected chi connectivity index (χ1v) is 10.5. The van der Waals surface area contributed by atoms with E-state index in [1.807, 2.05) is 58.0 Å². The molecule has 0 aliphatic carbocycles. The molecule has 0 radical (unpaired) electrons. The van der Waals surface area contributed by atoms with Crippen LogP contribution in [0.1, 0.15) is 38.8 Å². The molecule has 0 saturated carbocycles. The Morgan fingerprint density at radius 2 is 1.75 bits per heavy atom. The van der Waals surface area contributed by atoms with E-state index in [0.29, 0.717) is 16.8 Å². The largest absolute Gasteiger partial charge is 0.507 e. The number of methoxy groups -OCH3 is 1. The molecule has 7 nitrogen and oxygen atoms in total. The van der Waals surface area contributed by atoms with Crippen LogP contribution >= 0.6 is 0 Å². The van der Waals surface area contributed by atoms with Crippen LogP contribution in [0.5, 0.6) is 11.5 Å². The van der Waals surface area contributed by atoms with Crippen molar-refractivity contribution in [2.75, 3.05) is 13.7 Å². The average molecular weight is 439 g/mol. The summed E-state index contributed by atoms with van der Waals surface area (Å²) in [6.45, 7) is 8.09. The predicted molar refractivity (Wildman–Crippen MR) is 123 cm³/mol. The van der Waals surface area contributed by atoms with E-state index >= 15 is 0 Å². The number of phenols is 1. The van der Waals surface area contributed by atoms with E-state index in [9.17, 15) is 9.90 Å². The number of rotatable bonds is 7. The van der Waals surface area contributed by atoms with Crippen LogP contribution < -0.4 is 10.1 Å². The molecule has 1 aliphatic rings. The summed E-state index contributed by atoms with van der Waals surface area (Å²) in [5.74, 6) is 0.670. The van der Waals surface area contributed by atoms with Crippen LogP contribution in [0, 0.1) is 0 Å². The lowest BCUT2D eigenvalue weighted by Gasteiger charge is -2.32. The summed E-state index contributed by atoms with van der Waals surface area (Å²) < 4.78 is 22.9. The highest BCUT2D eigenvalue weighted by molar-refractivity contribution is 6.56. The van der Waals surface area contributed by atoms with E-state index < -0.39 is 24.4 Å². The van der Waals surface area contributed by atoms with Crippen LogP contribution in [0.2, 0.25) is 0 Å². The SMILES string of the molecule is COc1ccc(O)c(C=C(CNC(=O)OCc2ccccc2)B2OC(C)(C)C(C)(C)O2)c1. The van der Waals surface area contributed by atoms with Crippen molar-refractivity contribution < 1.29 is 28.7 Å². The van der Waals surface area contributed by atoms with Gasteiger partial charge in [-0.1, -0.05) is 36.4 Å². The summed E-state index contributed by atoms with van der Waals surface area (Å²) >= 11 is 0. The minimum atomic E-state index is -0.708. The van der Waals surface area contributed by atoms with E-state index in [0.717, 1.165) is 5.56 Å². The van der Waals surface area contributed by atoms with Gasteiger partial charge >= 0.3 is 13.2 Å². The molecule has 2 aromatic rings. The number of amides is 1. The molecule has 0 unspecified atom stereocenters. The molecule has 2 aromatic carbocycles. The van der Waals surface area contributed by atoms with Gasteiger partial charge in [-0.25, -0.2) is 4.79 Å². The fourth-order valence-corrected chi connectivity index (χ4v) is 3.12. The van der Waals surface area contributed by atoms with Crippen molar-refractivity contribution in [1.82, 2.24) is 5.32 Å². The van der Waals surface area contributed by atoms with Crippen LogP contribution in [0.4, 0.5) is 4.79 Å². The zero-order chi connectivity index (χ0) is 23.4. The Hall–Kier alpha value is -2.97. The van der Waals surface area contributed by atoms with Gasteiger partial charge in [-0.3, -0.25) is 0 Å². The number of nitrogens with one attached hydrogen (secondary N) is 1. The van der Waals surface area contributed by atoms with Gasteiger partial charge in [0.2, 0.25) is 0 Å². The lowest BCUT2D eigenvalue weighted by Crippen LogP contribution is -2.41. The van der Waals surface area contributed by atoms with Gasteiger partial charge in [0.1, 0.15) is 18.1 Å². The van der Waals surface area contributed by atoms with Crippen LogP contribution in [-0.4, -0.2) is 43.2 Å². The fraction of sp³-hybridized carbons (Fsp3) is 0.375. The summed E-state index contributed by atoms with van der Waals surface area (Å²) in [7, 11) is 0.847. The molecule has 0 bridgehead atoms. The molecule has 8 heteroatoms. The van der Waals surface area contributed by atoms with E-state index in [2.05, 4.69) is 5.32 Å². The van der Waals surface area contributed by atoms with E-state index in [1.165, 1.54) is 0 Å². The highest BCUT2D eigenvalue weighted by Gasteiger charge is 2.52. The Balaban J connectivity index is 1.77. The van der Waals surface area contributed by atoms with Crippen molar-refractivity contribution in [3.05, 3.63) is 65.1 Å². The summed E-state index contributed by atoms with van der Waals surface area (Å²) in [5.41, 5.74) is 0.935. The fourth-order valence-electron chi connectivity index (χ4n) is 3.12. The van der Waals surface area contributed by atoms with Gasteiger partial charge in [0, 0.05) is 12.1 Å². The lowest BCUT2D eigenvalue weighted by atomic mass is 9.77. The van der Waals surface area contributed by atoms with Crippen LogP contribution in [0.15, 0.2) is 54.0 Å². The predicted octanol–water partition coefficient (Wildman–Crippen LogP) is 4.34. The number of hydrogen-bond donors (Lipinski definition) is 2. The minimum absolute atomic E-state index is 0.0754. The highest BCUT2D eigenvalue weighted by atomic mass is 16.7. The molecule has 1 saturated heterocycles. The first kappa shape index (κ1) is 23.7. The van der Waals surface area contributed by atoms with Gasteiger partial charge < -0.3 is 29.2 Å². The number of hydrogen-bond acceptors (Lipinski definition) is 6. The molecule has 1 amide bonds. The second-order valence-corrected chi connectivity index (χ2v) is 8.65. The van der Waals surface area contributed by atoms with Crippen LogP contribution in [0.25, 0.3) is 6.08 Å². The zero-order valence-electron chi connectivity index (χ0n) is 19.2. The molecule has 170 valence electrons. The summed E-state index contributed by atoms with van der Waals surface area (Å²) in [6, 6.07) is 14.4. The Morgan fingerprint density at radius 1 is 1.09 bits per heavy atom. The molecular weight excluding hydrogens is 409 g/mol. The van der Waals surface area contributed by atoms with Crippen molar-refractivity contribution in [2.24, 2.45) is 0 Å². The molecule has 3 rings (SSSR count). The second-order valence-electron chi connectivity index (χ2n) is 8.65. The smallest absolute Gasteiger partial charge is 0.492 e. The summed E-state index contributed by atoms with van der Waals surface area (Å²) in [4.78, 5) is 12.3. The zero-order valence-corrected chi connectivity index (χ0v) is 19.2. The van der Waals surface area contributed by atoms with Crippen molar-refractivity contribution in [2.45, 2.75) is 45.5 Å². The molecule has 2 N–H and O–H groups in total.